The number of halogens is 1. The number of nitrogens with zero attached hydrogens (tertiary/aromatic N) is 1. The smallest absolute Gasteiger partial charge is 0.338 e. The van der Waals surface area contributed by atoms with E-state index in [1.807, 2.05) is 24.3 Å². The van der Waals surface area contributed by atoms with Crippen LogP contribution >= 0.6 is 11.6 Å². The second kappa shape index (κ2) is 8.88. The first-order chi connectivity index (χ1) is 13.0. The van der Waals surface area contributed by atoms with Crippen molar-refractivity contribution in [3.8, 4) is 0 Å². The van der Waals surface area contributed by atoms with Gasteiger partial charge >= 0.3 is 5.97 Å². The number of carbonyl (C=O) groups is 2. The van der Waals surface area contributed by atoms with Crippen molar-refractivity contribution in [1.82, 2.24) is 0 Å². The molecule has 0 bridgehead atoms. The molecule has 7 heteroatoms. The summed E-state index contributed by atoms with van der Waals surface area (Å²) in [6, 6.07) is 13.9. The van der Waals surface area contributed by atoms with Crippen LogP contribution in [0.3, 0.4) is 0 Å². The van der Waals surface area contributed by atoms with Gasteiger partial charge in [0.25, 0.3) is 5.91 Å². The Morgan fingerprint density at radius 2 is 1.70 bits per heavy atom. The number of benzene rings is 2. The lowest BCUT2D eigenvalue weighted by molar-refractivity contribution is -0.123. The third-order valence-corrected chi connectivity index (χ3v) is 4.50. The molecule has 27 heavy (non-hydrogen) atoms. The Morgan fingerprint density at radius 1 is 1.07 bits per heavy atom. The second-order valence-electron chi connectivity index (χ2n) is 6.19. The minimum Gasteiger partial charge on any atom is -0.449 e. The molecule has 0 radical (unpaired) electrons. The molecule has 1 atom stereocenters. The van der Waals surface area contributed by atoms with Crippen molar-refractivity contribution >= 4 is 34.9 Å². The molecule has 1 N–H and O–H groups in total. The third kappa shape index (κ3) is 5.21. The van der Waals surface area contributed by atoms with Crippen LogP contribution < -0.4 is 10.2 Å². The van der Waals surface area contributed by atoms with Crippen LogP contribution in [0.1, 0.15) is 17.3 Å². The third-order valence-electron chi connectivity index (χ3n) is 4.24. The van der Waals surface area contributed by atoms with Gasteiger partial charge < -0.3 is 19.7 Å². The predicted octanol–water partition coefficient (Wildman–Crippen LogP) is 3.36. The van der Waals surface area contributed by atoms with E-state index in [4.69, 9.17) is 21.1 Å². The molecule has 0 saturated carbocycles. The summed E-state index contributed by atoms with van der Waals surface area (Å²) in [5, 5.41) is 3.28. The predicted molar refractivity (Wildman–Crippen MR) is 104 cm³/mol. The highest BCUT2D eigenvalue weighted by Crippen LogP contribution is 2.19. The number of ether oxygens (including phenoxy) is 2. The number of morpholine rings is 1. The SMILES string of the molecule is C[C@H](OC(=O)c1ccc(Cl)cc1)C(=O)Nc1ccc(N2CCOCC2)cc1. The van der Waals surface area contributed by atoms with Crippen molar-refractivity contribution in [1.29, 1.82) is 0 Å². The van der Waals surface area contributed by atoms with E-state index < -0.39 is 18.0 Å². The molecule has 0 unspecified atom stereocenters. The van der Waals surface area contributed by atoms with Gasteiger partial charge in [-0.15, -0.1) is 0 Å². The number of esters is 1. The summed E-state index contributed by atoms with van der Waals surface area (Å²) in [7, 11) is 0. The monoisotopic (exact) mass is 388 g/mol. The van der Waals surface area contributed by atoms with Gasteiger partial charge in [0.2, 0.25) is 0 Å². The molecule has 1 saturated heterocycles. The van der Waals surface area contributed by atoms with E-state index in [1.165, 1.54) is 6.92 Å². The van der Waals surface area contributed by atoms with Crippen LogP contribution in [0, 0.1) is 0 Å². The molecule has 1 amide bonds. The normalized spacial score (nSPS) is 15.1. The van der Waals surface area contributed by atoms with Crippen LogP contribution in [-0.2, 0) is 14.3 Å². The van der Waals surface area contributed by atoms with Crippen LogP contribution in [0.15, 0.2) is 48.5 Å². The Kier molecular flexibility index (Phi) is 6.32. The van der Waals surface area contributed by atoms with E-state index in [2.05, 4.69) is 10.2 Å². The van der Waals surface area contributed by atoms with Crippen LogP contribution in [0.25, 0.3) is 0 Å². The maximum Gasteiger partial charge on any atom is 0.338 e. The number of rotatable bonds is 5. The van der Waals surface area contributed by atoms with Gasteiger partial charge in [0.1, 0.15) is 0 Å². The average molecular weight is 389 g/mol. The Bertz CT molecular complexity index is 787. The van der Waals surface area contributed by atoms with E-state index in [0.717, 1.165) is 32.0 Å². The Morgan fingerprint density at radius 3 is 2.33 bits per heavy atom. The first-order valence-corrected chi connectivity index (χ1v) is 9.11. The molecule has 1 fully saturated rings. The van der Waals surface area contributed by atoms with Crippen LogP contribution in [0.5, 0.6) is 0 Å². The van der Waals surface area contributed by atoms with E-state index in [1.54, 1.807) is 24.3 Å². The Labute approximate surface area is 163 Å². The molecule has 142 valence electrons. The number of amides is 1. The lowest BCUT2D eigenvalue weighted by atomic mass is 10.2. The van der Waals surface area contributed by atoms with E-state index in [9.17, 15) is 9.59 Å². The lowest BCUT2D eigenvalue weighted by Gasteiger charge is -2.28. The van der Waals surface area contributed by atoms with Gasteiger partial charge in [-0.3, -0.25) is 4.79 Å². The quantitative estimate of drug-likeness (QED) is 0.795. The minimum absolute atomic E-state index is 0.342. The largest absolute Gasteiger partial charge is 0.449 e. The zero-order valence-electron chi connectivity index (χ0n) is 15.0. The van der Waals surface area contributed by atoms with Crippen molar-refractivity contribution in [2.75, 3.05) is 36.5 Å². The highest BCUT2D eigenvalue weighted by Gasteiger charge is 2.19. The molecule has 3 rings (SSSR count). The molecule has 2 aromatic carbocycles. The number of carbonyl (C=O) groups excluding carboxylic acids is 2. The first-order valence-electron chi connectivity index (χ1n) is 8.73. The van der Waals surface area contributed by atoms with Crippen molar-refractivity contribution in [2.24, 2.45) is 0 Å². The molecule has 2 aromatic rings. The maximum atomic E-state index is 12.3. The lowest BCUT2D eigenvalue weighted by Crippen LogP contribution is -2.36. The molecule has 0 aromatic heterocycles. The van der Waals surface area contributed by atoms with E-state index >= 15 is 0 Å². The number of anilines is 2. The topological polar surface area (TPSA) is 67.9 Å². The maximum absolute atomic E-state index is 12.3. The summed E-state index contributed by atoms with van der Waals surface area (Å²) in [6.07, 6.45) is -0.924. The van der Waals surface area contributed by atoms with E-state index in [0.29, 0.717) is 16.3 Å². The van der Waals surface area contributed by atoms with Crippen molar-refractivity contribution < 1.29 is 19.1 Å². The molecule has 0 spiro atoms. The van der Waals surface area contributed by atoms with E-state index in [-0.39, 0.29) is 0 Å². The van der Waals surface area contributed by atoms with Gasteiger partial charge in [-0.2, -0.15) is 0 Å². The zero-order chi connectivity index (χ0) is 19.2. The molecular formula is C20H21ClN2O4. The van der Waals surface area contributed by atoms with Crippen LogP contribution in [-0.4, -0.2) is 44.3 Å². The number of hydrogen-bond acceptors (Lipinski definition) is 5. The van der Waals surface area contributed by atoms with Gasteiger partial charge in [-0.25, -0.2) is 4.79 Å². The zero-order valence-corrected chi connectivity index (χ0v) is 15.7. The van der Waals surface area contributed by atoms with Crippen LogP contribution in [0.2, 0.25) is 5.02 Å². The summed E-state index contributed by atoms with van der Waals surface area (Å²) in [4.78, 5) is 26.6. The molecular weight excluding hydrogens is 368 g/mol. The van der Waals surface area contributed by atoms with Crippen molar-refractivity contribution in [3.05, 3.63) is 59.1 Å². The number of nitrogens with one attached hydrogen (secondary N) is 1. The first kappa shape index (κ1) is 19.2. The van der Waals surface area contributed by atoms with Gasteiger partial charge in [-0.1, -0.05) is 11.6 Å². The average Bonchev–Trinajstić information content (AvgIpc) is 2.69. The van der Waals surface area contributed by atoms with Gasteiger partial charge in [-0.05, 0) is 55.5 Å². The van der Waals surface area contributed by atoms with Gasteiger partial charge in [0.15, 0.2) is 6.10 Å². The fourth-order valence-corrected chi connectivity index (χ4v) is 2.82. The van der Waals surface area contributed by atoms with Crippen molar-refractivity contribution in [2.45, 2.75) is 13.0 Å². The Balaban J connectivity index is 1.54. The van der Waals surface area contributed by atoms with Crippen LogP contribution in [0.4, 0.5) is 11.4 Å². The molecule has 0 aliphatic carbocycles. The summed E-state index contributed by atoms with van der Waals surface area (Å²) < 4.78 is 10.6. The summed E-state index contributed by atoms with van der Waals surface area (Å²) in [5.74, 6) is -0.964. The van der Waals surface area contributed by atoms with Crippen molar-refractivity contribution in [3.63, 3.8) is 0 Å². The highest BCUT2D eigenvalue weighted by molar-refractivity contribution is 6.30. The number of hydrogen-bond donors (Lipinski definition) is 1. The fraction of sp³-hybridized carbons (Fsp3) is 0.300. The molecule has 1 aliphatic heterocycles. The van der Waals surface area contributed by atoms with Gasteiger partial charge in [0.05, 0.1) is 18.8 Å². The molecule has 1 heterocycles. The standard InChI is InChI=1S/C20H21ClN2O4/c1-14(27-20(25)15-2-4-16(21)5-3-15)19(24)22-17-6-8-18(9-7-17)23-10-12-26-13-11-23/h2-9,14H,10-13H2,1H3,(H,22,24)/t14-/m0/s1. The molecule has 1 aliphatic rings. The minimum atomic E-state index is -0.924. The summed E-state index contributed by atoms with van der Waals surface area (Å²) in [6.45, 7) is 4.67. The summed E-state index contributed by atoms with van der Waals surface area (Å²) in [5.41, 5.74) is 2.07. The fourth-order valence-electron chi connectivity index (χ4n) is 2.69. The highest BCUT2D eigenvalue weighted by atomic mass is 35.5. The summed E-state index contributed by atoms with van der Waals surface area (Å²) >= 11 is 5.80. The Hall–Kier alpha value is -2.57. The second-order valence-corrected chi connectivity index (χ2v) is 6.63. The molecule has 6 nitrogen and oxygen atoms in total. The van der Waals surface area contributed by atoms with Gasteiger partial charge in [0, 0.05) is 29.5 Å².